The Kier molecular flexibility index (Phi) is 4.38. The van der Waals surface area contributed by atoms with Crippen molar-refractivity contribution in [3.05, 3.63) is 0 Å². The summed E-state index contributed by atoms with van der Waals surface area (Å²) in [6.45, 7) is 9.43. The smallest absolute Gasteiger partial charge is 0.317 e. The molecule has 2 heterocycles. The largest absolute Gasteiger partial charge is 0.347 e. The molecule has 22 heavy (non-hydrogen) atoms. The Morgan fingerprint density at radius 2 is 1.86 bits per heavy atom. The average molecular weight is 310 g/mol. The first-order chi connectivity index (χ1) is 10.4. The van der Waals surface area contributed by atoms with Crippen LogP contribution in [0.15, 0.2) is 0 Å². The van der Waals surface area contributed by atoms with E-state index in [2.05, 4.69) is 19.2 Å². The Labute approximate surface area is 133 Å². The molecule has 0 aromatic rings. The highest BCUT2D eigenvalue weighted by Crippen LogP contribution is 2.38. The maximum absolute atomic E-state index is 12.6. The van der Waals surface area contributed by atoms with Gasteiger partial charge in [0.15, 0.2) is 5.79 Å². The van der Waals surface area contributed by atoms with Gasteiger partial charge in [-0.15, -0.1) is 0 Å². The quantitative estimate of drug-likeness (QED) is 0.853. The molecule has 0 unspecified atom stereocenters. The van der Waals surface area contributed by atoms with Crippen molar-refractivity contribution in [1.82, 2.24) is 10.2 Å². The van der Waals surface area contributed by atoms with Crippen LogP contribution in [0.3, 0.4) is 0 Å². The van der Waals surface area contributed by atoms with E-state index in [9.17, 15) is 4.79 Å². The van der Waals surface area contributed by atoms with Crippen molar-refractivity contribution < 1.29 is 14.3 Å². The first-order valence-corrected chi connectivity index (χ1v) is 8.74. The van der Waals surface area contributed by atoms with Gasteiger partial charge in [-0.25, -0.2) is 4.79 Å². The molecule has 0 aromatic carbocycles. The Hall–Kier alpha value is -0.810. The van der Waals surface area contributed by atoms with Crippen LogP contribution in [0, 0.1) is 11.3 Å². The van der Waals surface area contributed by atoms with Crippen LogP contribution < -0.4 is 5.32 Å². The molecule has 2 amide bonds. The fraction of sp³-hybridized carbons (Fsp3) is 0.941. The molecule has 2 aliphatic heterocycles. The highest BCUT2D eigenvalue weighted by atomic mass is 16.7. The molecule has 0 aromatic heterocycles. The lowest BCUT2D eigenvalue weighted by Crippen LogP contribution is -2.54. The van der Waals surface area contributed by atoms with Crippen molar-refractivity contribution in [2.45, 2.75) is 64.7 Å². The van der Waals surface area contributed by atoms with E-state index in [1.807, 2.05) is 11.8 Å². The van der Waals surface area contributed by atoms with Crippen LogP contribution in [0.5, 0.6) is 0 Å². The topological polar surface area (TPSA) is 50.8 Å². The molecule has 3 rings (SSSR count). The van der Waals surface area contributed by atoms with E-state index in [0.717, 1.165) is 32.4 Å². The summed E-state index contributed by atoms with van der Waals surface area (Å²) < 4.78 is 11.6. The predicted molar refractivity (Wildman–Crippen MR) is 84.6 cm³/mol. The van der Waals surface area contributed by atoms with Gasteiger partial charge < -0.3 is 19.7 Å². The van der Waals surface area contributed by atoms with Crippen molar-refractivity contribution in [3.8, 4) is 0 Å². The number of ether oxygens (including phenoxy) is 2. The number of piperidine rings is 1. The van der Waals surface area contributed by atoms with Crippen LogP contribution >= 0.6 is 0 Å². The molecule has 126 valence electrons. The van der Waals surface area contributed by atoms with Crippen LogP contribution in [0.25, 0.3) is 0 Å². The van der Waals surface area contributed by atoms with Crippen molar-refractivity contribution >= 4 is 6.03 Å². The van der Waals surface area contributed by atoms with Gasteiger partial charge in [0.2, 0.25) is 0 Å². The number of likely N-dealkylation sites (tertiary alicyclic amines) is 1. The summed E-state index contributed by atoms with van der Waals surface area (Å²) in [4.78, 5) is 14.6. The second-order valence-electron chi connectivity index (χ2n) is 7.88. The standard InChI is InChI=1S/C17H30N2O3/c1-16(2)8-4-7-14(16)18-15(20)19-9-5-6-13(12-19)17(3)21-10-11-22-17/h13-14H,4-12H2,1-3H3,(H,18,20)/t13-,14-/m1/s1. The zero-order chi connectivity index (χ0) is 15.8. The molecule has 1 saturated carbocycles. The lowest BCUT2D eigenvalue weighted by atomic mass is 9.87. The van der Waals surface area contributed by atoms with Crippen LogP contribution in [-0.2, 0) is 9.47 Å². The lowest BCUT2D eigenvalue weighted by Gasteiger charge is -2.40. The lowest BCUT2D eigenvalue weighted by molar-refractivity contribution is -0.189. The number of urea groups is 1. The van der Waals surface area contributed by atoms with Gasteiger partial charge in [-0.05, 0) is 38.0 Å². The predicted octanol–water partition coefficient (Wildman–Crippen LogP) is 2.75. The SMILES string of the molecule is CC1(C)CCC[C@H]1NC(=O)N1CCC[C@@H](C2(C)OCCO2)C1. The third kappa shape index (κ3) is 3.11. The fourth-order valence-corrected chi connectivity index (χ4v) is 4.19. The average Bonchev–Trinajstić information content (AvgIpc) is 3.07. The summed E-state index contributed by atoms with van der Waals surface area (Å²) in [6, 6.07) is 0.390. The summed E-state index contributed by atoms with van der Waals surface area (Å²) in [5.41, 5.74) is 0.217. The molecule has 3 aliphatic rings. The van der Waals surface area contributed by atoms with E-state index >= 15 is 0 Å². The van der Waals surface area contributed by atoms with Gasteiger partial charge in [-0.2, -0.15) is 0 Å². The van der Waals surface area contributed by atoms with Gasteiger partial charge in [-0.3, -0.25) is 0 Å². The number of carbonyl (C=O) groups excluding carboxylic acids is 1. The highest BCUT2D eigenvalue weighted by Gasteiger charge is 2.43. The molecular formula is C17H30N2O3. The van der Waals surface area contributed by atoms with Gasteiger partial charge >= 0.3 is 6.03 Å². The number of rotatable bonds is 2. The molecule has 2 saturated heterocycles. The molecule has 0 bridgehead atoms. The normalized spacial score (nSPS) is 33.9. The van der Waals surface area contributed by atoms with Crippen molar-refractivity contribution in [2.75, 3.05) is 26.3 Å². The molecule has 5 heteroatoms. The minimum absolute atomic E-state index is 0.0891. The Bertz CT molecular complexity index is 418. The van der Waals surface area contributed by atoms with E-state index in [1.54, 1.807) is 0 Å². The third-order valence-electron chi connectivity index (χ3n) is 5.87. The molecule has 1 N–H and O–H groups in total. The highest BCUT2D eigenvalue weighted by molar-refractivity contribution is 5.74. The van der Waals surface area contributed by atoms with Gasteiger partial charge in [0.05, 0.1) is 13.2 Å². The summed E-state index contributed by atoms with van der Waals surface area (Å²) in [5, 5.41) is 3.27. The van der Waals surface area contributed by atoms with Gasteiger partial charge in [0, 0.05) is 25.0 Å². The van der Waals surface area contributed by atoms with Crippen LogP contribution in [-0.4, -0.2) is 49.1 Å². The fourth-order valence-electron chi connectivity index (χ4n) is 4.19. The number of hydrogen-bond donors (Lipinski definition) is 1. The molecular weight excluding hydrogens is 280 g/mol. The number of nitrogens with one attached hydrogen (secondary N) is 1. The van der Waals surface area contributed by atoms with Crippen LogP contribution in [0.2, 0.25) is 0 Å². The monoisotopic (exact) mass is 310 g/mol. The number of amides is 2. The van der Waals surface area contributed by atoms with Crippen molar-refractivity contribution in [1.29, 1.82) is 0 Å². The maximum Gasteiger partial charge on any atom is 0.317 e. The summed E-state index contributed by atoms with van der Waals surface area (Å²) in [5.74, 6) is -0.239. The van der Waals surface area contributed by atoms with Gasteiger partial charge in [0.25, 0.3) is 0 Å². The molecule has 0 radical (unpaired) electrons. The van der Waals surface area contributed by atoms with E-state index in [0.29, 0.717) is 19.3 Å². The number of nitrogens with zero attached hydrogens (tertiary/aromatic N) is 1. The van der Waals surface area contributed by atoms with E-state index in [1.165, 1.54) is 12.8 Å². The zero-order valence-electron chi connectivity index (χ0n) is 14.2. The van der Waals surface area contributed by atoms with Crippen LogP contribution in [0.4, 0.5) is 4.79 Å². The van der Waals surface area contributed by atoms with E-state index < -0.39 is 5.79 Å². The van der Waals surface area contributed by atoms with Crippen molar-refractivity contribution in [2.24, 2.45) is 11.3 Å². The van der Waals surface area contributed by atoms with E-state index in [-0.39, 0.29) is 17.4 Å². The Balaban J connectivity index is 1.58. The molecule has 3 fully saturated rings. The third-order valence-corrected chi connectivity index (χ3v) is 5.87. The Morgan fingerprint density at radius 1 is 1.14 bits per heavy atom. The Morgan fingerprint density at radius 3 is 2.50 bits per heavy atom. The number of hydrogen-bond acceptors (Lipinski definition) is 3. The first-order valence-electron chi connectivity index (χ1n) is 8.74. The minimum atomic E-state index is -0.508. The van der Waals surface area contributed by atoms with Crippen LogP contribution in [0.1, 0.15) is 52.9 Å². The molecule has 5 nitrogen and oxygen atoms in total. The second kappa shape index (κ2) is 6.00. The maximum atomic E-state index is 12.6. The van der Waals surface area contributed by atoms with Gasteiger partial charge in [-0.1, -0.05) is 20.3 Å². The minimum Gasteiger partial charge on any atom is -0.347 e. The van der Waals surface area contributed by atoms with E-state index in [4.69, 9.17) is 9.47 Å². The summed E-state index contributed by atoms with van der Waals surface area (Å²) in [7, 11) is 0. The summed E-state index contributed by atoms with van der Waals surface area (Å²) >= 11 is 0. The summed E-state index contributed by atoms with van der Waals surface area (Å²) in [6.07, 6.45) is 5.59. The first kappa shape index (κ1) is 16.1. The van der Waals surface area contributed by atoms with Crippen molar-refractivity contribution in [3.63, 3.8) is 0 Å². The second-order valence-corrected chi connectivity index (χ2v) is 7.88. The van der Waals surface area contributed by atoms with Gasteiger partial charge in [0.1, 0.15) is 0 Å². The zero-order valence-corrected chi connectivity index (χ0v) is 14.2. The molecule has 1 aliphatic carbocycles. The number of carbonyl (C=O) groups is 1. The molecule has 2 atom stereocenters. The molecule has 0 spiro atoms.